The number of hydrogen-bond acceptors (Lipinski definition) is 5. The van der Waals surface area contributed by atoms with Crippen LogP contribution in [0.5, 0.6) is 0 Å². The number of nitrogens with zero attached hydrogens (tertiary/aromatic N) is 3. The van der Waals surface area contributed by atoms with Crippen LogP contribution in [0.3, 0.4) is 0 Å². The molecular formula is C18H28N4O2. The molecule has 2 fully saturated rings. The molecule has 0 aromatic carbocycles. The molecule has 1 aromatic heterocycles. The molecular weight excluding hydrogens is 304 g/mol. The molecule has 0 radical (unpaired) electrons. The van der Waals surface area contributed by atoms with Crippen LogP contribution < -0.4 is 10.2 Å². The fourth-order valence-electron chi connectivity index (χ4n) is 3.86. The van der Waals surface area contributed by atoms with Crippen molar-refractivity contribution in [3.63, 3.8) is 0 Å². The molecule has 1 saturated heterocycles. The van der Waals surface area contributed by atoms with Crippen molar-refractivity contribution < 1.29 is 9.90 Å². The summed E-state index contributed by atoms with van der Waals surface area (Å²) >= 11 is 0. The van der Waals surface area contributed by atoms with Crippen molar-refractivity contribution in [3.05, 3.63) is 17.8 Å². The maximum atomic E-state index is 12.3. The van der Waals surface area contributed by atoms with Gasteiger partial charge in [0.05, 0.1) is 0 Å². The van der Waals surface area contributed by atoms with Crippen LogP contribution in [0.4, 0.5) is 5.82 Å². The molecule has 1 saturated carbocycles. The molecule has 0 bridgehead atoms. The lowest BCUT2D eigenvalue weighted by molar-refractivity contribution is 0.0908. The summed E-state index contributed by atoms with van der Waals surface area (Å²) in [6.45, 7) is 2.67. The van der Waals surface area contributed by atoms with Gasteiger partial charge in [-0.1, -0.05) is 32.1 Å². The second-order valence-electron chi connectivity index (χ2n) is 7.02. The first kappa shape index (κ1) is 17.1. The number of carbonyl (C=O) groups excluding carboxylic acids is 1. The van der Waals surface area contributed by atoms with E-state index in [0.29, 0.717) is 18.2 Å². The lowest BCUT2D eigenvalue weighted by Gasteiger charge is -2.29. The zero-order valence-electron chi connectivity index (χ0n) is 14.3. The van der Waals surface area contributed by atoms with Crippen LogP contribution in [0.25, 0.3) is 0 Å². The van der Waals surface area contributed by atoms with Crippen LogP contribution >= 0.6 is 0 Å². The quantitative estimate of drug-likeness (QED) is 0.833. The minimum atomic E-state index is -0.204. The molecule has 2 N–H and O–H groups in total. The molecule has 6 heteroatoms. The van der Waals surface area contributed by atoms with Crippen LogP contribution in [0.15, 0.2) is 12.1 Å². The van der Waals surface area contributed by atoms with E-state index in [4.69, 9.17) is 0 Å². The number of carbonyl (C=O) groups is 1. The molecule has 3 rings (SSSR count). The topological polar surface area (TPSA) is 78.4 Å². The normalized spacial score (nSPS) is 20.1. The largest absolute Gasteiger partial charge is 0.396 e. The third-order valence-electron chi connectivity index (χ3n) is 5.39. The number of amides is 1. The van der Waals surface area contributed by atoms with Gasteiger partial charge in [0.15, 0.2) is 11.5 Å². The van der Waals surface area contributed by atoms with Gasteiger partial charge in [-0.15, -0.1) is 10.2 Å². The average molecular weight is 332 g/mol. The third kappa shape index (κ3) is 4.23. The Morgan fingerprint density at radius 2 is 1.92 bits per heavy atom. The number of aliphatic hydroxyl groups is 1. The molecule has 6 nitrogen and oxygen atoms in total. The molecule has 0 spiro atoms. The SMILES string of the molecule is O=C(NC[C@H](CO)C1CCCCC1)c1ccc(N2CCCC2)nn1. The van der Waals surface area contributed by atoms with Crippen molar-refractivity contribution in [2.45, 2.75) is 44.9 Å². The standard InChI is InChI=1S/C18H28N4O2/c23-13-15(14-6-2-1-3-7-14)12-19-18(24)16-8-9-17(21-20-16)22-10-4-5-11-22/h8-9,14-15,23H,1-7,10-13H2,(H,19,24)/t15-/m1/s1. The molecule has 1 aliphatic heterocycles. The van der Waals surface area contributed by atoms with Crippen LogP contribution in [0, 0.1) is 11.8 Å². The first-order chi connectivity index (χ1) is 11.8. The Kier molecular flexibility index (Phi) is 6.01. The summed E-state index contributed by atoms with van der Waals surface area (Å²) in [6.07, 6.45) is 8.45. The lowest BCUT2D eigenvalue weighted by Crippen LogP contribution is -2.35. The van der Waals surface area contributed by atoms with Gasteiger partial charge in [0.2, 0.25) is 0 Å². The Morgan fingerprint density at radius 1 is 1.17 bits per heavy atom. The van der Waals surface area contributed by atoms with Crippen molar-refractivity contribution >= 4 is 11.7 Å². The molecule has 0 unspecified atom stereocenters. The number of nitrogens with one attached hydrogen (secondary N) is 1. The van der Waals surface area contributed by atoms with E-state index >= 15 is 0 Å². The van der Waals surface area contributed by atoms with Gasteiger partial charge in [0.1, 0.15) is 0 Å². The van der Waals surface area contributed by atoms with E-state index in [0.717, 1.165) is 31.7 Å². The average Bonchev–Trinajstić information content (AvgIpc) is 3.18. The van der Waals surface area contributed by atoms with E-state index in [2.05, 4.69) is 20.4 Å². The molecule has 1 aromatic rings. The van der Waals surface area contributed by atoms with Crippen molar-refractivity contribution in [1.82, 2.24) is 15.5 Å². The monoisotopic (exact) mass is 332 g/mol. The van der Waals surface area contributed by atoms with E-state index in [1.165, 1.54) is 32.1 Å². The minimum absolute atomic E-state index is 0.129. The fraction of sp³-hybridized carbons (Fsp3) is 0.722. The predicted octanol–water partition coefficient (Wildman–Crippen LogP) is 2.00. The first-order valence-electron chi connectivity index (χ1n) is 9.25. The Bertz CT molecular complexity index is 522. The van der Waals surface area contributed by atoms with Crippen LogP contribution in [-0.2, 0) is 0 Å². The van der Waals surface area contributed by atoms with Gasteiger partial charge in [0.25, 0.3) is 5.91 Å². The Hall–Kier alpha value is -1.69. The minimum Gasteiger partial charge on any atom is -0.396 e. The van der Waals surface area contributed by atoms with E-state index < -0.39 is 0 Å². The molecule has 24 heavy (non-hydrogen) atoms. The second kappa shape index (κ2) is 8.42. The summed E-state index contributed by atoms with van der Waals surface area (Å²) < 4.78 is 0. The highest BCUT2D eigenvalue weighted by molar-refractivity contribution is 5.92. The van der Waals surface area contributed by atoms with Crippen molar-refractivity contribution in [2.24, 2.45) is 11.8 Å². The number of hydrogen-bond donors (Lipinski definition) is 2. The number of rotatable bonds is 6. The van der Waals surface area contributed by atoms with E-state index in [1.807, 2.05) is 6.07 Å². The number of aliphatic hydroxyl groups excluding tert-OH is 1. The van der Waals surface area contributed by atoms with Crippen molar-refractivity contribution in [1.29, 1.82) is 0 Å². The van der Waals surface area contributed by atoms with Gasteiger partial charge < -0.3 is 15.3 Å². The van der Waals surface area contributed by atoms with E-state index in [9.17, 15) is 9.90 Å². The number of aromatic nitrogens is 2. The Morgan fingerprint density at radius 3 is 2.54 bits per heavy atom. The maximum absolute atomic E-state index is 12.3. The highest BCUT2D eigenvalue weighted by Crippen LogP contribution is 2.29. The van der Waals surface area contributed by atoms with E-state index in [1.54, 1.807) is 6.07 Å². The summed E-state index contributed by atoms with van der Waals surface area (Å²) in [4.78, 5) is 14.5. The van der Waals surface area contributed by atoms with Gasteiger partial charge in [-0.25, -0.2) is 0 Å². The summed E-state index contributed by atoms with van der Waals surface area (Å²) in [5, 5.41) is 20.8. The highest BCUT2D eigenvalue weighted by Gasteiger charge is 2.24. The van der Waals surface area contributed by atoms with Crippen LogP contribution in [0.2, 0.25) is 0 Å². The van der Waals surface area contributed by atoms with Gasteiger partial charge in [-0.05, 0) is 30.9 Å². The molecule has 1 atom stereocenters. The van der Waals surface area contributed by atoms with Crippen LogP contribution in [-0.4, -0.2) is 47.5 Å². The van der Waals surface area contributed by atoms with Gasteiger partial charge in [-0.3, -0.25) is 4.79 Å². The highest BCUT2D eigenvalue weighted by atomic mass is 16.3. The summed E-state index contributed by atoms with van der Waals surface area (Å²) in [5.74, 6) is 1.31. The smallest absolute Gasteiger partial charge is 0.271 e. The zero-order valence-corrected chi connectivity index (χ0v) is 14.3. The summed E-state index contributed by atoms with van der Waals surface area (Å²) in [7, 11) is 0. The molecule has 1 aliphatic carbocycles. The first-order valence-corrected chi connectivity index (χ1v) is 9.25. The molecule has 2 aliphatic rings. The summed E-state index contributed by atoms with van der Waals surface area (Å²) in [6, 6.07) is 3.61. The van der Waals surface area contributed by atoms with Gasteiger partial charge >= 0.3 is 0 Å². The summed E-state index contributed by atoms with van der Waals surface area (Å²) in [5.41, 5.74) is 0.346. The van der Waals surface area contributed by atoms with E-state index in [-0.39, 0.29) is 18.4 Å². The molecule has 1 amide bonds. The Balaban J connectivity index is 1.52. The van der Waals surface area contributed by atoms with Crippen molar-refractivity contribution in [2.75, 3.05) is 31.1 Å². The molecule has 2 heterocycles. The predicted molar refractivity (Wildman–Crippen MR) is 93.0 cm³/mol. The lowest BCUT2D eigenvalue weighted by atomic mass is 9.80. The van der Waals surface area contributed by atoms with Gasteiger partial charge in [0, 0.05) is 32.2 Å². The number of anilines is 1. The second-order valence-corrected chi connectivity index (χ2v) is 7.02. The Labute approximate surface area is 143 Å². The van der Waals surface area contributed by atoms with Crippen molar-refractivity contribution in [3.8, 4) is 0 Å². The third-order valence-corrected chi connectivity index (χ3v) is 5.39. The molecule has 132 valence electrons. The maximum Gasteiger partial charge on any atom is 0.271 e. The van der Waals surface area contributed by atoms with Gasteiger partial charge in [-0.2, -0.15) is 0 Å². The van der Waals surface area contributed by atoms with Crippen LogP contribution in [0.1, 0.15) is 55.4 Å². The zero-order chi connectivity index (χ0) is 16.8. The fourth-order valence-corrected chi connectivity index (χ4v) is 3.86.